The van der Waals surface area contributed by atoms with Crippen molar-refractivity contribution in [3.05, 3.63) is 42.2 Å². The molecule has 1 aromatic heterocycles. The Kier molecular flexibility index (Phi) is 7.00. The van der Waals surface area contributed by atoms with Crippen molar-refractivity contribution in [3.8, 4) is 11.4 Å². The summed E-state index contributed by atoms with van der Waals surface area (Å²) >= 11 is 0. The molecule has 5 nitrogen and oxygen atoms in total. The summed E-state index contributed by atoms with van der Waals surface area (Å²) in [7, 11) is 0. The van der Waals surface area contributed by atoms with Crippen molar-refractivity contribution in [2.24, 2.45) is 5.92 Å². The van der Waals surface area contributed by atoms with Crippen molar-refractivity contribution in [1.82, 2.24) is 9.55 Å². The first-order valence-corrected chi connectivity index (χ1v) is 8.43. The van der Waals surface area contributed by atoms with E-state index in [9.17, 15) is 0 Å². The SMILES string of the molecule is CC(C)Cc1ccc(-c2nccn2C2CCOCC2)cc1.O=CO. The number of imidazole rings is 1. The lowest BCUT2D eigenvalue weighted by Crippen LogP contribution is -2.19. The molecule has 1 N–H and O–H groups in total. The monoisotopic (exact) mass is 330 g/mol. The van der Waals surface area contributed by atoms with Crippen LogP contribution in [0.4, 0.5) is 0 Å². The van der Waals surface area contributed by atoms with Crippen LogP contribution < -0.4 is 0 Å². The number of hydrogen-bond acceptors (Lipinski definition) is 3. The van der Waals surface area contributed by atoms with Gasteiger partial charge in [0.15, 0.2) is 0 Å². The van der Waals surface area contributed by atoms with Gasteiger partial charge in [-0.05, 0) is 30.7 Å². The largest absolute Gasteiger partial charge is 0.483 e. The van der Waals surface area contributed by atoms with Crippen LogP contribution in [0.2, 0.25) is 0 Å². The molecule has 0 aliphatic carbocycles. The number of aromatic nitrogens is 2. The van der Waals surface area contributed by atoms with E-state index >= 15 is 0 Å². The molecule has 0 unspecified atom stereocenters. The van der Waals surface area contributed by atoms with Crippen LogP contribution in [0.15, 0.2) is 36.7 Å². The van der Waals surface area contributed by atoms with Crippen molar-refractivity contribution in [2.45, 2.75) is 39.2 Å². The normalized spacial score (nSPS) is 15.0. The highest BCUT2D eigenvalue weighted by atomic mass is 16.5. The molecule has 0 bridgehead atoms. The van der Waals surface area contributed by atoms with Crippen molar-refractivity contribution in [1.29, 1.82) is 0 Å². The number of nitrogens with zero attached hydrogens (tertiary/aromatic N) is 2. The van der Waals surface area contributed by atoms with Gasteiger partial charge in [-0.2, -0.15) is 0 Å². The molecule has 0 amide bonds. The molecule has 0 radical (unpaired) electrons. The Labute approximate surface area is 143 Å². The maximum absolute atomic E-state index is 8.36. The van der Waals surface area contributed by atoms with Crippen LogP contribution in [0.3, 0.4) is 0 Å². The summed E-state index contributed by atoms with van der Waals surface area (Å²) in [5.41, 5.74) is 2.61. The molecule has 0 atom stereocenters. The fraction of sp³-hybridized carbons (Fsp3) is 0.474. The van der Waals surface area contributed by atoms with E-state index in [4.69, 9.17) is 14.6 Å². The number of rotatable bonds is 4. The molecule has 3 rings (SSSR count). The first-order chi connectivity index (χ1) is 11.7. The molecule has 1 aliphatic heterocycles. The van der Waals surface area contributed by atoms with Gasteiger partial charge in [-0.3, -0.25) is 4.79 Å². The van der Waals surface area contributed by atoms with Gasteiger partial charge in [-0.25, -0.2) is 4.98 Å². The van der Waals surface area contributed by atoms with E-state index in [1.807, 2.05) is 6.20 Å². The van der Waals surface area contributed by atoms with Crippen molar-refractivity contribution >= 4 is 6.47 Å². The Morgan fingerprint density at radius 3 is 2.50 bits per heavy atom. The summed E-state index contributed by atoms with van der Waals surface area (Å²) in [5.74, 6) is 1.78. The topological polar surface area (TPSA) is 64.4 Å². The van der Waals surface area contributed by atoms with E-state index < -0.39 is 0 Å². The maximum atomic E-state index is 8.36. The van der Waals surface area contributed by atoms with Crippen molar-refractivity contribution < 1.29 is 14.6 Å². The van der Waals surface area contributed by atoms with Crippen molar-refractivity contribution in [2.75, 3.05) is 13.2 Å². The number of ether oxygens (including phenoxy) is 1. The average Bonchev–Trinajstić information content (AvgIpc) is 3.06. The zero-order valence-electron chi connectivity index (χ0n) is 14.4. The van der Waals surface area contributed by atoms with E-state index in [1.54, 1.807) is 0 Å². The Morgan fingerprint density at radius 1 is 1.29 bits per heavy atom. The Balaban J connectivity index is 0.000000647. The lowest BCUT2D eigenvalue weighted by atomic mass is 10.0. The summed E-state index contributed by atoms with van der Waals surface area (Å²) in [4.78, 5) is 12.9. The summed E-state index contributed by atoms with van der Waals surface area (Å²) in [6.45, 7) is 5.97. The summed E-state index contributed by atoms with van der Waals surface area (Å²) < 4.78 is 7.78. The molecule has 1 aromatic carbocycles. The third-order valence-electron chi connectivity index (χ3n) is 4.11. The van der Waals surface area contributed by atoms with E-state index in [1.165, 1.54) is 11.1 Å². The Bertz CT molecular complexity index is 614. The fourth-order valence-corrected chi connectivity index (χ4v) is 3.06. The molecule has 2 aromatic rings. The van der Waals surface area contributed by atoms with E-state index in [0.717, 1.165) is 38.3 Å². The molecular formula is C19H26N2O3. The highest BCUT2D eigenvalue weighted by molar-refractivity contribution is 5.56. The Hall–Kier alpha value is -2.14. The molecule has 5 heteroatoms. The molecule has 0 saturated carbocycles. The minimum Gasteiger partial charge on any atom is -0.483 e. The van der Waals surface area contributed by atoms with Gasteiger partial charge < -0.3 is 14.4 Å². The van der Waals surface area contributed by atoms with Crippen LogP contribution >= 0.6 is 0 Å². The second-order valence-electron chi connectivity index (χ2n) is 6.40. The summed E-state index contributed by atoms with van der Waals surface area (Å²) in [6, 6.07) is 9.40. The van der Waals surface area contributed by atoms with Gasteiger partial charge >= 0.3 is 0 Å². The third kappa shape index (κ3) is 4.93. The van der Waals surface area contributed by atoms with Gasteiger partial charge in [0.05, 0.1) is 0 Å². The maximum Gasteiger partial charge on any atom is 0.290 e. The lowest BCUT2D eigenvalue weighted by molar-refractivity contribution is -0.122. The van der Waals surface area contributed by atoms with Crippen LogP contribution in [0.25, 0.3) is 11.4 Å². The number of carboxylic acid groups (broad SMARTS) is 1. The van der Waals surface area contributed by atoms with Gasteiger partial charge in [0, 0.05) is 37.2 Å². The molecule has 1 aliphatic rings. The van der Waals surface area contributed by atoms with Crippen LogP contribution in [0, 0.1) is 5.92 Å². The Morgan fingerprint density at radius 2 is 1.92 bits per heavy atom. The van der Waals surface area contributed by atoms with Crippen LogP contribution in [-0.4, -0.2) is 34.3 Å². The predicted octanol–water partition coefficient (Wildman–Crippen LogP) is 3.80. The highest BCUT2D eigenvalue weighted by Gasteiger charge is 2.18. The van der Waals surface area contributed by atoms with Gasteiger partial charge in [0.2, 0.25) is 0 Å². The molecule has 1 fully saturated rings. The zero-order valence-corrected chi connectivity index (χ0v) is 14.4. The highest BCUT2D eigenvalue weighted by Crippen LogP contribution is 2.27. The quantitative estimate of drug-likeness (QED) is 0.866. The second kappa shape index (κ2) is 9.23. The first kappa shape index (κ1) is 18.2. The number of benzene rings is 1. The van der Waals surface area contributed by atoms with E-state index in [-0.39, 0.29) is 6.47 Å². The summed E-state index contributed by atoms with van der Waals surface area (Å²) in [5, 5.41) is 6.89. The van der Waals surface area contributed by atoms with Crippen LogP contribution in [0.5, 0.6) is 0 Å². The molecule has 1 saturated heterocycles. The smallest absolute Gasteiger partial charge is 0.290 e. The predicted molar refractivity (Wildman–Crippen MR) is 94.0 cm³/mol. The summed E-state index contributed by atoms with van der Waals surface area (Å²) in [6.07, 6.45) is 7.30. The van der Waals surface area contributed by atoms with Gasteiger partial charge in [-0.15, -0.1) is 0 Å². The third-order valence-corrected chi connectivity index (χ3v) is 4.11. The molecule has 24 heavy (non-hydrogen) atoms. The lowest BCUT2D eigenvalue weighted by Gasteiger charge is -2.25. The zero-order chi connectivity index (χ0) is 17.4. The molecule has 2 heterocycles. The average molecular weight is 330 g/mol. The van der Waals surface area contributed by atoms with E-state index in [0.29, 0.717) is 12.0 Å². The van der Waals surface area contributed by atoms with Crippen LogP contribution in [-0.2, 0) is 16.0 Å². The van der Waals surface area contributed by atoms with E-state index in [2.05, 4.69) is 53.9 Å². The number of carbonyl (C=O) groups is 1. The number of hydrogen-bond donors (Lipinski definition) is 1. The fourth-order valence-electron chi connectivity index (χ4n) is 3.06. The van der Waals surface area contributed by atoms with Gasteiger partial charge in [0.1, 0.15) is 5.82 Å². The minimum atomic E-state index is -0.250. The molecule has 0 spiro atoms. The standard InChI is InChI=1S/C18H24N2O.CH2O2/c1-14(2)13-15-3-5-16(6-4-15)18-19-9-10-20(18)17-7-11-21-12-8-17;2-1-3/h3-6,9-10,14,17H,7-8,11-13H2,1-2H3;1H,(H,2,3). The minimum absolute atomic E-state index is 0.250. The molecule has 130 valence electrons. The van der Waals surface area contributed by atoms with Gasteiger partial charge in [-0.1, -0.05) is 38.1 Å². The molecular weight excluding hydrogens is 304 g/mol. The first-order valence-electron chi connectivity index (χ1n) is 8.43. The second-order valence-corrected chi connectivity index (χ2v) is 6.40. The van der Waals surface area contributed by atoms with Crippen molar-refractivity contribution in [3.63, 3.8) is 0 Å². The van der Waals surface area contributed by atoms with Gasteiger partial charge in [0.25, 0.3) is 6.47 Å². The van der Waals surface area contributed by atoms with Crippen LogP contribution in [0.1, 0.15) is 38.3 Å².